The normalized spacial score (nSPS) is 10.6. The highest BCUT2D eigenvalue weighted by atomic mass is 32.2. The van der Waals surface area contributed by atoms with Crippen molar-refractivity contribution >= 4 is 35.1 Å². The van der Waals surface area contributed by atoms with Crippen molar-refractivity contribution in [2.45, 2.75) is 20.7 Å². The SMILES string of the molecule is N#Cc1c(SC(F)F)nsc1SCc1ccccc1. The number of nitrogens with zero attached hydrogens (tertiary/aromatic N) is 2. The van der Waals surface area contributed by atoms with Gasteiger partial charge in [0.1, 0.15) is 16.7 Å². The molecule has 98 valence electrons. The lowest BCUT2D eigenvalue weighted by atomic mass is 10.2. The van der Waals surface area contributed by atoms with Crippen LogP contribution in [0.3, 0.4) is 0 Å². The Balaban J connectivity index is 2.09. The zero-order chi connectivity index (χ0) is 13.7. The molecule has 0 unspecified atom stereocenters. The maximum Gasteiger partial charge on any atom is 0.290 e. The molecule has 2 rings (SSSR count). The Labute approximate surface area is 122 Å². The van der Waals surface area contributed by atoms with Crippen LogP contribution in [0.15, 0.2) is 39.6 Å². The molecule has 1 heterocycles. The van der Waals surface area contributed by atoms with E-state index in [0.29, 0.717) is 21.7 Å². The van der Waals surface area contributed by atoms with Gasteiger partial charge >= 0.3 is 0 Å². The number of thioether (sulfide) groups is 2. The van der Waals surface area contributed by atoms with Crippen LogP contribution in [0.5, 0.6) is 0 Å². The lowest BCUT2D eigenvalue weighted by molar-refractivity contribution is 0.252. The number of hydrogen-bond donors (Lipinski definition) is 0. The Bertz CT molecular complexity index is 578. The smallest absolute Gasteiger partial charge is 0.198 e. The van der Waals surface area contributed by atoms with Crippen LogP contribution in [0, 0.1) is 11.3 Å². The second-order valence-corrected chi connectivity index (χ2v) is 6.41. The fourth-order valence-electron chi connectivity index (χ4n) is 1.34. The number of halogens is 2. The molecule has 2 aromatic rings. The minimum Gasteiger partial charge on any atom is -0.198 e. The van der Waals surface area contributed by atoms with Crippen molar-refractivity contribution in [2.24, 2.45) is 0 Å². The summed E-state index contributed by atoms with van der Waals surface area (Å²) < 4.78 is 29.2. The van der Waals surface area contributed by atoms with E-state index in [-0.39, 0.29) is 10.6 Å². The highest BCUT2D eigenvalue weighted by molar-refractivity contribution is 8.01. The first-order chi connectivity index (χ1) is 9.20. The number of aromatic nitrogens is 1. The van der Waals surface area contributed by atoms with Crippen molar-refractivity contribution in [3.8, 4) is 6.07 Å². The van der Waals surface area contributed by atoms with E-state index in [4.69, 9.17) is 5.26 Å². The summed E-state index contributed by atoms with van der Waals surface area (Å²) >= 11 is 2.87. The van der Waals surface area contributed by atoms with Crippen LogP contribution in [0.1, 0.15) is 11.1 Å². The van der Waals surface area contributed by atoms with E-state index < -0.39 is 5.76 Å². The monoisotopic (exact) mass is 314 g/mol. The summed E-state index contributed by atoms with van der Waals surface area (Å²) in [4.78, 5) is 0. The molecule has 0 amide bonds. The number of benzene rings is 1. The van der Waals surface area contributed by atoms with Crippen LogP contribution in [0.4, 0.5) is 8.78 Å². The number of nitriles is 1. The molecule has 2 nitrogen and oxygen atoms in total. The van der Waals surface area contributed by atoms with E-state index in [9.17, 15) is 8.78 Å². The molecule has 1 aromatic carbocycles. The fourth-order valence-corrected chi connectivity index (χ4v) is 3.96. The van der Waals surface area contributed by atoms with E-state index in [2.05, 4.69) is 4.37 Å². The van der Waals surface area contributed by atoms with Gasteiger partial charge in [-0.1, -0.05) is 30.3 Å². The van der Waals surface area contributed by atoms with Gasteiger partial charge in [-0.3, -0.25) is 0 Å². The quantitative estimate of drug-likeness (QED) is 0.754. The Morgan fingerprint density at radius 3 is 2.68 bits per heavy atom. The van der Waals surface area contributed by atoms with Crippen LogP contribution in [-0.2, 0) is 5.75 Å². The van der Waals surface area contributed by atoms with Crippen LogP contribution < -0.4 is 0 Å². The zero-order valence-electron chi connectivity index (χ0n) is 9.55. The third-order valence-corrected chi connectivity index (χ3v) is 5.13. The third kappa shape index (κ3) is 3.93. The minimum absolute atomic E-state index is 0.123. The first kappa shape index (κ1) is 14.3. The van der Waals surface area contributed by atoms with Crippen molar-refractivity contribution in [3.63, 3.8) is 0 Å². The van der Waals surface area contributed by atoms with Crippen molar-refractivity contribution in [1.29, 1.82) is 5.26 Å². The molecule has 0 aliphatic carbocycles. The largest absolute Gasteiger partial charge is 0.290 e. The second-order valence-electron chi connectivity index (χ2n) is 3.41. The molecule has 0 saturated carbocycles. The average Bonchev–Trinajstić information content (AvgIpc) is 2.78. The topological polar surface area (TPSA) is 36.7 Å². The third-order valence-electron chi connectivity index (χ3n) is 2.15. The van der Waals surface area contributed by atoms with Crippen LogP contribution in [0.2, 0.25) is 0 Å². The van der Waals surface area contributed by atoms with E-state index in [0.717, 1.165) is 17.1 Å². The average molecular weight is 314 g/mol. The molecule has 0 radical (unpaired) electrons. The predicted molar refractivity (Wildman–Crippen MR) is 74.7 cm³/mol. The van der Waals surface area contributed by atoms with E-state index in [1.807, 2.05) is 36.4 Å². The lowest BCUT2D eigenvalue weighted by Crippen LogP contribution is -1.85. The summed E-state index contributed by atoms with van der Waals surface area (Å²) in [5.41, 5.74) is 1.38. The summed E-state index contributed by atoms with van der Waals surface area (Å²) in [7, 11) is 0. The second kappa shape index (κ2) is 6.89. The summed E-state index contributed by atoms with van der Waals surface area (Å²) in [6.07, 6.45) is 0. The Morgan fingerprint density at radius 1 is 1.32 bits per heavy atom. The Kier molecular flexibility index (Phi) is 5.19. The van der Waals surface area contributed by atoms with Gasteiger partial charge in [-0.05, 0) is 28.9 Å². The van der Waals surface area contributed by atoms with Gasteiger partial charge in [0.2, 0.25) is 0 Å². The Hall–Kier alpha value is -1.10. The maximum absolute atomic E-state index is 12.3. The van der Waals surface area contributed by atoms with Crippen LogP contribution in [0.25, 0.3) is 0 Å². The van der Waals surface area contributed by atoms with Crippen LogP contribution in [-0.4, -0.2) is 10.1 Å². The van der Waals surface area contributed by atoms with Gasteiger partial charge in [0, 0.05) is 5.75 Å². The minimum atomic E-state index is -2.55. The van der Waals surface area contributed by atoms with Crippen molar-refractivity contribution in [3.05, 3.63) is 41.5 Å². The highest BCUT2D eigenvalue weighted by Gasteiger charge is 2.18. The molecule has 0 aliphatic heterocycles. The van der Waals surface area contributed by atoms with Gasteiger partial charge in [0.15, 0.2) is 0 Å². The molecule has 0 atom stereocenters. The van der Waals surface area contributed by atoms with Crippen molar-refractivity contribution < 1.29 is 8.78 Å². The van der Waals surface area contributed by atoms with Crippen molar-refractivity contribution in [2.75, 3.05) is 0 Å². The molecule has 0 aliphatic rings. The maximum atomic E-state index is 12.3. The molecule has 0 N–H and O–H groups in total. The molecule has 1 aromatic heterocycles. The summed E-state index contributed by atoms with van der Waals surface area (Å²) in [6, 6.07) is 11.7. The van der Waals surface area contributed by atoms with E-state index in [1.165, 1.54) is 11.8 Å². The van der Waals surface area contributed by atoms with E-state index >= 15 is 0 Å². The highest BCUT2D eigenvalue weighted by Crippen LogP contribution is 2.37. The van der Waals surface area contributed by atoms with E-state index in [1.54, 1.807) is 0 Å². The molecular formula is C12H8F2N2S3. The van der Waals surface area contributed by atoms with Gasteiger partial charge in [0.05, 0.1) is 4.21 Å². The van der Waals surface area contributed by atoms with Gasteiger partial charge in [-0.15, -0.1) is 11.8 Å². The molecule has 0 bridgehead atoms. The lowest BCUT2D eigenvalue weighted by Gasteiger charge is -1.99. The molecule has 0 saturated heterocycles. The predicted octanol–water partition coefficient (Wildman–Crippen LogP) is 4.62. The summed E-state index contributed by atoms with van der Waals surface area (Å²) in [6.45, 7) is 0. The van der Waals surface area contributed by atoms with Gasteiger partial charge in [0.25, 0.3) is 5.76 Å². The van der Waals surface area contributed by atoms with Gasteiger partial charge in [-0.2, -0.15) is 18.4 Å². The van der Waals surface area contributed by atoms with Crippen molar-refractivity contribution in [1.82, 2.24) is 4.37 Å². The molecule has 0 spiro atoms. The zero-order valence-corrected chi connectivity index (χ0v) is 12.0. The molecule has 19 heavy (non-hydrogen) atoms. The first-order valence-electron chi connectivity index (χ1n) is 5.22. The number of hydrogen-bond acceptors (Lipinski definition) is 5. The fraction of sp³-hybridized carbons (Fsp3) is 0.167. The molecule has 0 fully saturated rings. The number of rotatable bonds is 5. The molecular weight excluding hydrogens is 306 g/mol. The van der Waals surface area contributed by atoms with Gasteiger partial charge in [-0.25, -0.2) is 0 Å². The summed E-state index contributed by atoms with van der Waals surface area (Å²) in [5, 5.41) is 9.17. The van der Waals surface area contributed by atoms with Gasteiger partial charge < -0.3 is 0 Å². The first-order valence-corrected chi connectivity index (χ1v) is 7.86. The number of alkyl halides is 2. The molecule has 7 heteroatoms. The Morgan fingerprint density at radius 2 is 2.05 bits per heavy atom. The standard InChI is InChI=1S/C12H8F2N2S3/c13-12(14)18-10-9(6-15)11(19-16-10)17-7-8-4-2-1-3-5-8/h1-5,12H,7H2. The van der Waals surface area contributed by atoms with Crippen LogP contribution >= 0.6 is 35.1 Å². The summed E-state index contributed by atoms with van der Waals surface area (Å²) in [5.74, 6) is -1.86.